The van der Waals surface area contributed by atoms with Gasteiger partial charge in [0.2, 0.25) is 5.91 Å². The molecule has 0 radical (unpaired) electrons. The van der Waals surface area contributed by atoms with Gasteiger partial charge in [0.05, 0.1) is 13.2 Å². The van der Waals surface area contributed by atoms with Crippen LogP contribution in [0, 0.1) is 0 Å². The normalized spacial score (nSPS) is 20.5. The number of likely N-dealkylation sites (tertiary alicyclic amines) is 1. The van der Waals surface area contributed by atoms with E-state index in [1.807, 2.05) is 29.2 Å². The summed E-state index contributed by atoms with van der Waals surface area (Å²) >= 11 is 0. The second-order valence-electron chi connectivity index (χ2n) is 6.18. The Morgan fingerprint density at radius 2 is 2.04 bits per heavy atom. The van der Waals surface area contributed by atoms with Crippen LogP contribution in [0.25, 0.3) is 0 Å². The fourth-order valence-electron chi connectivity index (χ4n) is 2.92. The molecular weight excluding hydrogens is 294 g/mol. The van der Waals surface area contributed by atoms with E-state index < -0.39 is 0 Å². The smallest absolute Gasteiger partial charge is 0.315 e. The molecular formula is C17H23N3O3. The summed E-state index contributed by atoms with van der Waals surface area (Å²) in [6.45, 7) is 1.21. The van der Waals surface area contributed by atoms with Gasteiger partial charge < -0.3 is 20.3 Å². The van der Waals surface area contributed by atoms with Crippen molar-refractivity contribution in [1.29, 1.82) is 0 Å². The number of carbonyl (C=O) groups excluding carboxylic acids is 2. The third-order valence-corrected chi connectivity index (χ3v) is 4.34. The Labute approximate surface area is 136 Å². The number of rotatable bonds is 6. The molecule has 2 N–H and O–H groups in total. The van der Waals surface area contributed by atoms with Crippen molar-refractivity contribution in [3.63, 3.8) is 0 Å². The standard InChI is InChI=1S/C17H23N3O3/c1-23-15-6-2-12(3-7-15)8-9-18-17(22)19-13-10-16(21)20(11-13)14-4-5-14/h2-3,6-7,13-14H,4-5,8-11H2,1H3,(H2,18,19,22). The lowest BCUT2D eigenvalue weighted by Gasteiger charge is -2.16. The van der Waals surface area contributed by atoms with Gasteiger partial charge in [0, 0.05) is 25.6 Å². The number of ether oxygens (including phenoxy) is 1. The molecule has 23 heavy (non-hydrogen) atoms. The maximum Gasteiger partial charge on any atom is 0.315 e. The van der Waals surface area contributed by atoms with Crippen molar-refractivity contribution >= 4 is 11.9 Å². The van der Waals surface area contributed by atoms with Crippen LogP contribution >= 0.6 is 0 Å². The van der Waals surface area contributed by atoms with E-state index in [1.165, 1.54) is 0 Å². The summed E-state index contributed by atoms with van der Waals surface area (Å²) in [5.74, 6) is 0.988. The molecule has 0 spiro atoms. The number of amides is 3. The molecule has 0 bridgehead atoms. The highest BCUT2D eigenvalue weighted by atomic mass is 16.5. The highest BCUT2D eigenvalue weighted by Gasteiger charge is 2.39. The molecule has 6 nitrogen and oxygen atoms in total. The molecule has 124 valence electrons. The van der Waals surface area contributed by atoms with E-state index in [1.54, 1.807) is 7.11 Å². The van der Waals surface area contributed by atoms with Crippen LogP contribution < -0.4 is 15.4 Å². The average molecular weight is 317 g/mol. The van der Waals surface area contributed by atoms with Crippen molar-refractivity contribution in [2.75, 3.05) is 20.2 Å². The predicted octanol–water partition coefficient (Wildman–Crippen LogP) is 1.30. The monoisotopic (exact) mass is 317 g/mol. The lowest BCUT2D eigenvalue weighted by molar-refractivity contribution is -0.128. The van der Waals surface area contributed by atoms with E-state index in [9.17, 15) is 9.59 Å². The molecule has 1 aromatic carbocycles. The van der Waals surface area contributed by atoms with Gasteiger partial charge in [-0.25, -0.2) is 4.79 Å². The van der Waals surface area contributed by atoms with Crippen molar-refractivity contribution in [2.45, 2.75) is 37.8 Å². The molecule has 1 unspecified atom stereocenters. The molecule has 1 saturated carbocycles. The fourth-order valence-corrected chi connectivity index (χ4v) is 2.92. The van der Waals surface area contributed by atoms with Crippen LogP contribution in [-0.2, 0) is 11.2 Å². The first-order valence-corrected chi connectivity index (χ1v) is 8.12. The second-order valence-corrected chi connectivity index (χ2v) is 6.18. The summed E-state index contributed by atoms with van der Waals surface area (Å²) in [6, 6.07) is 7.95. The van der Waals surface area contributed by atoms with E-state index in [-0.39, 0.29) is 18.0 Å². The van der Waals surface area contributed by atoms with Crippen LogP contribution in [0.1, 0.15) is 24.8 Å². The minimum absolute atomic E-state index is 0.0657. The highest BCUT2D eigenvalue weighted by Crippen LogP contribution is 2.30. The Hall–Kier alpha value is -2.24. The first kappa shape index (κ1) is 15.6. The summed E-state index contributed by atoms with van der Waals surface area (Å²) in [6.07, 6.45) is 3.39. The third-order valence-electron chi connectivity index (χ3n) is 4.34. The number of benzene rings is 1. The summed E-state index contributed by atoms with van der Waals surface area (Å²) in [5, 5.41) is 5.74. The number of urea groups is 1. The summed E-state index contributed by atoms with van der Waals surface area (Å²) < 4.78 is 5.11. The molecule has 3 amide bonds. The molecule has 1 aromatic rings. The SMILES string of the molecule is COc1ccc(CCNC(=O)NC2CC(=O)N(C3CC3)C2)cc1. The Morgan fingerprint density at radius 3 is 2.70 bits per heavy atom. The van der Waals surface area contributed by atoms with Crippen LogP contribution in [-0.4, -0.2) is 49.1 Å². The van der Waals surface area contributed by atoms with Gasteiger partial charge in [-0.05, 0) is 37.0 Å². The van der Waals surface area contributed by atoms with E-state index in [2.05, 4.69) is 10.6 Å². The maximum absolute atomic E-state index is 11.9. The van der Waals surface area contributed by atoms with Gasteiger partial charge in [-0.1, -0.05) is 12.1 Å². The zero-order chi connectivity index (χ0) is 16.2. The Balaban J connectivity index is 1.37. The first-order chi connectivity index (χ1) is 11.2. The lowest BCUT2D eigenvalue weighted by Crippen LogP contribution is -2.44. The minimum Gasteiger partial charge on any atom is -0.497 e. The maximum atomic E-state index is 11.9. The number of carbonyl (C=O) groups is 2. The number of hydrogen-bond donors (Lipinski definition) is 2. The molecule has 1 saturated heterocycles. The number of nitrogens with one attached hydrogen (secondary N) is 2. The van der Waals surface area contributed by atoms with Crippen LogP contribution in [0.15, 0.2) is 24.3 Å². The molecule has 1 atom stereocenters. The minimum atomic E-state index is -0.200. The number of nitrogens with zero attached hydrogens (tertiary/aromatic N) is 1. The van der Waals surface area contributed by atoms with Gasteiger partial charge in [0.15, 0.2) is 0 Å². The molecule has 3 rings (SSSR count). The zero-order valence-electron chi connectivity index (χ0n) is 13.4. The largest absolute Gasteiger partial charge is 0.497 e. The Morgan fingerprint density at radius 1 is 1.30 bits per heavy atom. The summed E-state index contributed by atoms with van der Waals surface area (Å²) in [7, 11) is 1.64. The topological polar surface area (TPSA) is 70.7 Å². The van der Waals surface area contributed by atoms with Gasteiger partial charge in [0.1, 0.15) is 5.75 Å². The van der Waals surface area contributed by atoms with E-state index >= 15 is 0 Å². The third kappa shape index (κ3) is 4.15. The molecule has 1 aliphatic carbocycles. The zero-order valence-corrected chi connectivity index (χ0v) is 13.4. The predicted molar refractivity (Wildman–Crippen MR) is 86.4 cm³/mol. The van der Waals surface area contributed by atoms with Crippen molar-refractivity contribution in [2.24, 2.45) is 0 Å². The highest BCUT2D eigenvalue weighted by molar-refractivity contribution is 5.82. The summed E-state index contributed by atoms with van der Waals surface area (Å²) in [5.41, 5.74) is 1.14. The number of hydrogen-bond acceptors (Lipinski definition) is 3. The first-order valence-electron chi connectivity index (χ1n) is 8.12. The molecule has 2 fully saturated rings. The fraction of sp³-hybridized carbons (Fsp3) is 0.529. The molecule has 6 heteroatoms. The van der Waals surface area contributed by atoms with Gasteiger partial charge in [-0.2, -0.15) is 0 Å². The molecule has 1 heterocycles. The van der Waals surface area contributed by atoms with Crippen LogP contribution in [0.3, 0.4) is 0 Å². The van der Waals surface area contributed by atoms with Gasteiger partial charge in [-0.3, -0.25) is 4.79 Å². The Kier molecular flexibility index (Phi) is 4.69. The van der Waals surface area contributed by atoms with Gasteiger partial charge >= 0.3 is 6.03 Å². The van der Waals surface area contributed by atoms with Crippen LogP contribution in [0.5, 0.6) is 5.75 Å². The quantitative estimate of drug-likeness (QED) is 0.831. The van der Waals surface area contributed by atoms with Crippen molar-refractivity contribution < 1.29 is 14.3 Å². The molecule has 2 aliphatic rings. The van der Waals surface area contributed by atoms with Crippen LogP contribution in [0.4, 0.5) is 4.79 Å². The van der Waals surface area contributed by atoms with E-state index in [0.29, 0.717) is 25.6 Å². The van der Waals surface area contributed by atoms with Crippen LogP contribution in [0.2, 0.25) is 0 Å². The van der Waals surface area contributed by atoms with E-state index in [4.69, 9.17) is 4.74 Å². The lowest BCUT2D eigenvalue weighted by atomic mass is 10.1. The van der Waals surface area contributed by atoms with Crippen molar-refractivity contribution in [3.05, 3.63) is 29.8 Å². The second kappa shape index (κ2) is 6.89. The van der Waals surface area contributed by atoms with Gasteiger partial charge in [-0.15, -0.1) is 0 Å². The van der Waals surface area contributed by atoms with Gasteiger partial charge in [0.25, 0.3) is 0 Å². The summed E-state index contributed by atoms with van der Waals surface area (Å²) in [4.78, 5) is 25.7. The number of methoxy groups -OCH3 is 1. The van der Waals surface area contributed by atoms with E-state index in [0.717, 1.165) is 30.6 Å². The molecule has 0 aromatic heterocycles. The average Bonchev–Trinajstić information content (AvgIpc) is 3.32. The molecule has 1 aliphatic heterocycles. The van der Waals surface area contributed by atoms with Crippen molar-refractivity contribution in [3.8, 4) is 5.75 Å². The Bertz CT molecular complexity index is 569. The van der Waals surface area contributed by atoms with Crippen molar-refractivity contribution in [1.82, 2.24) is 15.5 Å².